The van der Waals surface area contributed by atoms with Crippen LogP contribution in [0.5, 0.6) is 0 Å². The standard InChI is InChI=1S/C60H42N2Si/c1-6-20-43(21-7-1)45-24-18-25-46(40-45)62-58-38-36-47(41-55(58)60-52(33-19-35-59(60)62)44-22-8-2-9-23-44)61-56-34-17-16-32-53(56)54-42-51(37-39-57(54)61)63(48-26-10-3-11-27-48,49-28-12-4-13-29-49)50-30-14-5-15-31-50/h1-42H/i1D,6D,7D,16D,17D,19D,20D,21D,32D,33D,34D,35D,36D,37D,38D,39D,41D,42D. The van der Waals surface area contributed by atoms with Crippen molar-refractivity contribution < 1.29 is 24.7 Å². The van der Waals surface area contributed by atoms with Crippen LogP contribution < -0.4 is 20.7 Å². The monoisotopic (exact) mass is 836 g/mol. The molecule has 3 heteroatoms. The second kappa shape index (κ2) is 15.2. The maximum absolute atomic E-state index is 10.6. The van der Waals surface area contributed by atoms with E-state index in [2.05, 4.69) is 0 Å². The minimum atomic E-state index is -3.87. The fourth-order valence-electron chi connectivity index (χ4n) is 8.97. The Morgan fingerprint density at radius 2 is 0.889 bits per heavy atom. The number of fused-ring (bicyclic) bond motifs is 6. The first-order valence-electron chi connectivity index (χ1n) is 29.3. The molecule has 0 aliphatic carbocycles. The van der Waals surface area contributed by atoms with Crippen LogP contribution in [0.4, 0.5) is 0 Å². The van der Waals surface area contributed by atoms with E-state index in [1.54, 1.807) is 36.4 Å². The molecule has 63 heavy (non-hydrogen) atoms. The van der Waals surface area contributed by atoms with Crippen molar-refractivity contribution in [1.29, 1.82) is 0 Å². The Morgan fingerprint density at radius 3 is 1.59 bits per heavy atom. The van der Waals surface area contributed by atoms with Gasteiger partial charge in [-0.1, -0.05) is 206 Å². The number of benzene rings is 10. The first-order valence-corrected chi connectivity index (χ1v) is 22.3. The summed E-state index contributed by atoms with van der Waals surface area (Å²) >= 11 is 0. The molecule has 0 unspecified atom stereocenters. The molecule has 0 bridgehead atoms. The SMILES string of the molecule is [2H]c1c([2H])c([2H])c(-c2cccc(-n3c4c([2H])c([2H])c(-n5c6c([2H])c([2H])c([2H])c([2H])c6c6c([2H])c([Si](c7ccccc7)(c7ccccc7)c7ccccc7)c([2H])c([2H])c65)c([2H])c4c4c(-c5ccccc5)c([2H])c([2H])c([2H])c43)c2)c([2H])c1[2H]. The van der Waals surface area contributed by atoms with E-state index in [0.29, 0.717) is 5.56 Å². The third-order valence-electron chi connectivity index (χ3n) is 11.7. The van der Waals surface area contributed by atoms with Crippen molar-refractivity contribution in [1.82, 2.24) is 9.13 Å². The van der Waals surface area contributed by atoms with Crippen molar-refractivity contribution in [2.45, 2.75) is 0 Å². The predicted octanol–water partition coefficient (Wildman–Crippen LogP) is 12.6. The fourth-order valence-corrected chi connectivity index (χ4v) is 13.5. The summed E-state index contributed by atoms with van der Waals surface area (Å²) in [5.41, 5.74) is -0.852. The van der Waals surface area contributed by atoms with E-state index in [1.165, 1.54) is 22.8 Å². The topological polar surface area (TPSA) is 9.86 Å². The average molecular weight is 837 g/mol. The van der Waals surface area contributed by atoms with Crippen LogP contribution in [0.3, 0.4) is 0 Å². The van der Waals surface area contributed by atoms with Crippen molar-refractivity contribution in [3.8, 4) is 33.6 Å². The molecule has 0 N–H and O–H groups in total. The Kier molecular flexibility index (Phi) is 5.48. The highest BCUT2D eigenvalue weighted by Crippen LogP contribution is 2.41. The largest absolute Gasteiger partial charge is 0.309 e. The molecule has 0 aliphatic rings. The highest BCUT2D eigenvalue weighted by Gasteiger charge is 2.41. The number of rotatable bonds is 8. The lowest BCUT2D eigenvalue weighted by Gasteiger charge is -2.34. The highest BCUT2D eigenvalue weighted by molar-refractivity contribution is 7.20. The summed E-state index contributed by atoms with van der Waals surface area (Å²) < 4.78 is 173. The number of aromatic nitrogens is 2. The molecule has 296 valence electrons. The molecule has 2 heterocycles. The molecule has 0 spiro atoms. The maximum atomic E-state index is 10.6. The maximum Gasteiger partial charge on any atom is 0.179 e. The van der Waals surface area contributed by atoms with Crippen molar-refractivity contribution in [2.75, 3.05) is 0 Å². The second-order valence-corrected chi connectivity index (χ2v) is 18.8. The predicted molar refractivity (Wildman–Crippen MR) is 270 cm³/mol. The summed E-state index contributed by atoms with van der Waals surface area (Å²) in [5.74, 6) is 0. The molecule has 0 fully saturated rings. The summed E-state index contributed by atoms with van der Waals surface area (Å²) in [4.78, 5) is 0. The smallest absolute Gasteiger partial charge is 0.179 e. The highest BCUT2D eigenvalue weighted by atomic mass is 28.3. The molecule has 10 aromatic carbocycles. The van der Waals surface area contributed by atoms with Crippen LogP contribution in [-0.2, 0) is 0 Å². The quantitative estimate of drug-likeness (QED) is 0.107. The second-order valence-electron chi connectivity index (χ2n) is 15.1. The first-order chi connectivity index (χ1) is 38.8. The lowest BCUT2D eigenvalue weighted by atomic mass is 9.99. The van der Waals surface area contributed by atoms with E-state index >= 15 is 0 Å². The van der Waals surface area contributed by atoms with Gasteiger partial charge in [0.15, 0.2) is 8.07 Å². The van der Waals surface area contributed by atoms with Gasteiger partial charge >= 0.3 is 0 Å². The molecular formula is C60H42N2Si. The number of hydrogen-bond acceptors (Lipinski definition) is 0. The van der Waals surface area contributed by atoms with Gasteiger partial charge in [-0.3, -0.25) is 0 Å². The van der Waals surface area contributed by atoms with Gasteiger partial charge in [-0.05, 0) is 91.4 Å². The van der Waals surface area contributed by atoms with Gasteiger partial charge in [-0.25, -0.2) is 0 Å². The summed E-state index contributed by atoms with van der Waals surface area (Å²) in [6, 6.07) is 32.7. The Morgan fingerprint density at radius 1 is 0.333 bits per heavy atom. The molecule has 2 aromatic heterocycles. The van der Waals surface area contributed by atoms with Gasteiger partial charge in [0.25, 0.3) is 0 Å². The zero-order valence-corrected chi connectivity index (χ0v) is 34.3. The van der Waals surface area contributed by atoms with Crippen LogP contribution in [-0.4, -0.2) is 17.2 Å². The van der Waals surface area contributed by atoms with Gasteiger partial charge in [0.05, 0.1) is 46.7 Å². The third-order valence-corrected chi connectivity index (χ3v) is 16.3. The molecule has 0 atom stereocenters. The van der Waals surface area contributed by atoms with Crippen LogP contribution in [0.25, 0.3) is 77.2 Å². The Hall–Kier alpha value is -7.98. The third kappa shape index (κ3) is 5.93. The van der Waals surface area contributed by atoms with Crippen LogP contribution in [0.15, 0.2) is 254 Å². The normalized spacial score (nSPS) is 15.8. The van der Waals surface area contributed by atoms with Crippen molar-refractivity contribution in [3.05, 3.63) is 254 Å². The Bertz CT molecular complexity index is 4540. The number of hydrogen-bond donors (Lipinski definition) is 0. The zero-order valence-electron chi connectivity index (χ0n) is 51.3. The van der Waals surface area contributed by atoms with Gasteiger partial charge < -0.3 is 9.13 Å². The molecule has 0 saturated carbocycles. The Labute approximate surface area is 393 Å². The molecular weight excluding hydrogens is 777 g/mol. The molecule has 0 aliphatic heterocycles. The summed E-state index contributed by atoms with van der Waals surface area (Å²) in [7, 11) is -3.87. The molecule has 0 radical (unpaired) electrons. The van der Waals surface area contributed by atoms with Crippen LogP contribution in [0.2, 0.25) is 0 Å². The van der Waals surface area contributed by atoms with Gasteiger partial charge in [0, 0.05) is 32.9 Å². The molecule has 12 aromatic rings. The van der Waals surface area contributed by atoms with Crippen molar-refractivity contribution in [3.63, 3.8) is 0 Å². The molecule has 2 nitrogen and oxygen atoms in total. The summed E-state index contributed by atoms with van der Waals surface area (Å²) in [6.45, 7) is 0. The minimum absolute atomic E-state index is 0.0120. The summed E-state index contributed by atoms with van der Waals surface area (Å²) in [6.07, 6.45) is 0. The van der Waals surface area contributed by atoms with Gasteiger partial charge in [0.1, 0.15) is 0 Å². The first kappa shape index (κ1) is 22.7. The summed E-state index contributed by atoms with van der Waals surface area (Å²) in [5, 5.41) is 1.88. The number of nitrogens with zero attached hydrogens (tertiary/aromatic N) is 2. The minimum Gasteiger partial charge on any atom is -0.309 e. The van der Waals surface area contributed by atoms with Crippen LogP contribution >= 0.6 is 0 Å². The lowest BCUT2D eigenvalue weighted by molar-refractivity contribution is 1.17. The van der Waals surface area contributed by atoms with Gasteiger partial charge in [-0.15, -0.1) is 0 Å². The van der Waals surface area contributed by atoms with Gasteiger partial charge in [-0.2, -0.15) is 0 Å². The van der Waals surface area contributed by atoms with E-state index in [0.717, 1.165) is 20.1 Å². The van der Waals surface area contributed by atoms with E-state index < -0.39 is 116 Å². The average Bonchev–Trinajstić information content (AvgIpc) is 3.60. The van der Waals surface area contributed by atoms with Crippen molar-refractivity contribution in [2.24, 2.45) is 0 Å². The van der Waals surface area contributed by atoms with E-state index in [4.69, 9.17) is 9.60 Å². The van der Waals surface area contributed by atoms with E-state index in [1.807, 2.05) is 91.0 Å². The fraction of sp³-hybridized carbons (Fsp3) is 0. The van der Waals surface area contributed by atoms with Crippen LogP contribution in [0, 0.1) is 0 Å². The van der Waals surface area contributed by atoms with Gasteiger partial charge in [0.2, 0.25) is 0 Å². The van der Waals surface area contributed by atoms with E-state index in [-0.39, 0.29) is 77.2 Å². The lowest BCUT2D eigenvalue weighted by Crippen LogP contribution is -2.74. The molecule has 0 amide bonds. The van der Waals surface area contributed by atoms with Crippen LogP contribution in [0.1, 0.15) is 24.7 Å². The molecule has 12 rings (SSSR count). The Balaban J connectivity index is 1.29. The zero-order chi connectivity index (χ0) is 57.4. The number of para-hydroxylation sites is 1. The van der Waals surface area contributed by atoms with Crippen molar-refractivity contribution >= 4 is 72.4 Å². The van der Waals surface area contributed by atoms with E-state index in [9.17, 15) is 15.1 Å². The molecule has 0 saturated heterocycles.